The molecular weight excluding hydrogens is 282 g/mol. The number of para-hydroxylation sites is 2. The lowest BCUT2D eigenvalue weighted by molar-refractivity contribution is -0.114. The van der Waals surface area contributed by atoms with E-state index in [4.69, 9.17) is 4.74 Å². The molecule has 1 aromatic carbocycles. The second-order valence-corrected chi connectivity index (χ2v) is 4.57. The molecule has 0 radical (unpaired) electrons. The number of carbonyl (C=O) groups excluding carboxylic acids is 1. The summed E-state index contributed by atoms with van der Waals surface area (Å²) in [6.45, 7) is 2.18. The number of alkyl halides is 1. The third-order valence-corrected chi connectivity index (χ3v) is 2.79. The molecule has 1 rings (SSSR count). The summed E-state index contributed by atoms with van der Waals surface area (Å²) in [6.07, 6.45) is 3.34. The van der Waals surface area contributed by atoms with Gasteiger partial charge in [0.15, 0.2) is 0 Å². The van der Waals surface area contributed by atoms with E-state index >= 15 is 0 Å². The predicted octanol–water partition coefficient (Wildman–Crippen LogP) is 3.59. The third-order valence-electron chi connectivity index (χ3n) is 2.23. The molecule has 0 bridgehead atoms. The van der Waals surface area contributed by atoms with Crippen LogP contribution in [0.4, 0.5) is 5.69 Å². The fourth-order valence-corrected chi connectivity index (χ4v) is 1.84. The van der Waals surface area contributed by atoms with Crippen molar-refractivity contribution in [3.63, 3.8) is 0 Å². The summed E-state index contributed by atoms with van der Waals surface area (Å²) >= 11 is 3.40. The molecule has 0 unspecified atom stereocenters. The van der Waals surface area contributed by atoms with Gasteiger partial charge < -0.3 is 10.1 Å². The quantitative estimate of drug-likeness (QED) is 0.617. The maximum Gasteiger partial charge on any atom is 0.221 e. The van der Waals surface area contributed by atoms with Gasteiger partial charge in [-0.15, -0.1) is 0 Å². The zero-order valence-corrected chi connectivity index (χ0v) is 11.6. The lowest BCUT2D eigenvalue weighted by Crippen LogP contribution is -2.08. The molecule has 1 aromatic rings. The van der Waals surface area contributed by atoms with Gasteiger partial charge in [0.25, 0.3) is 0 Å². The highest BCUT2D eigenvalue weighted by atomic mass is 79.9. The number of benzene rings is 1. The van der Waals surface area contributed by atoms with Gasteiger partial charge in [-0.3, -0.25) is 4.79 Å². The van der Waals surface area contributed by atoms with Crippen LogP contribution in [0, 0.1) is 0 Å². The molecule has 0 saturated carbocycles. The normalized spacial score (nSPS) is 10.0. The Hall–Kier alpha value is -1.03. The van der Waals surface area contributed by atoms with Crippen molar-refractivity contribution in [1.29, 1.82) is 0 Å². The zero-order valence-electron chi connectivity index (χ0n) is 10.0. The highest BCUT2D eigenvalue weighted by molar-refractivity contribution is 9.09. The van der Waals surface area contributed by atoms with Crippen LogP contribution < -0.4 is 10.1 Å². The number of ether oxygens (including phenoxy) is 1. The summed E-state index contributed by atoms with van der Waals surface area (Å²) in [7, 11) is 0. The summed E-state index contributed by atoms with van der Waals surface area (Å²) < 4.78 is 5.65. The number of carbonyl (C=O) groups is 1. The van der Waals surface area contributed by atoms with Crippen LogP contribution in [0.15, 0.2) is 24.3 Å². The second kappa shape index (κ2) is 8.12. The molecule has 0 aliphatic rings. The molecule has 0 spiro atoms. The van der Waals surface area contributed by atoms with Crippen LogP contribution in [0.25, 0.3) is 0 Å². The maximum absolute atomic E-state index is 11.0. The first-order valence-corrected chi connectivity index (χ1v) is 6.91. The molecule has 0 aliphatic carbocycles. The molecule has 1 amide bonds. The van der Waals surface area contributed by atoms with Gasteiger partial charge in [-0.05, 0) is 31.4 Å². The average Bonchev–Trinajstić information content (AvgIpc) is 2.30. The van der Waals surface area contributed by atoms with Crippen molar-refractivity contribution in [3.05, 3.63) is 24.3 Å². The molecule has 0 aromatic heterocycles. The monoisotopic (exact) mass is 299 g/mol. The van der Waals surface area contributed by atoms with Gasteiger partial charge in [-0.25, -0.2) is 0 Å². The topological polar surface area (TPSA) is 38.3 Å². The summed E-state index contributed by atoms with van der Waals surface area (Å²) in [4.78, 5) is 11.0. The van der Waals surface area contributed by atoms with Crippen molar-refractivity contribution in [2.45, 2.75) is 26.2 Å². The van der Waals surface area contributed by atoms with E-state index in [1.165, 1.54) is 6.92 Å². The van der Waals surface area contributed by atoms with Crippen molar-refractivity contribution in [2.75, 3.05) is 17.3 Å². The highest BCUT2D eigenvalue weighted by Gasteiger charge is 2.03. The molecule has 0 aliphatic heterocycles. The minimum atomic E-state index is -0.0830. The number of nitrogens with one attached hydrogen (secondary N) is 1. The van der Waals surface area contributed by atoms with Crippen LogP contribution in [0.2, 0.25) is 0 Å². The number of anilines is 1. The molecule has 0 saturated heterocycles. The fraction of sp³-hybridized carbons (Fsp3) is 0.462. The van der Waals surface area contributed by atoms with E-state index in [0.717, 1.165) is 36.0 Å². The third kappa shape index (κ3) is 5.73. The zero-order chi connectivity index (χ0) is 12.5. The van der Waals surface area contributed by atoms with Crippen LogP contribution in [0.3, 0.4) is 0 Å². The van der Waals surface area contributed by atoms with E-state index in [1.54, 1.807) is 0 Å². The minimum absolute atomic E-state index is 0.0830. The molecule has 0 atom stereocenters. The minimum Gasteiger partial charge on any atom is -0.491 e. The second-order valence-electron chi connectivity index (χ2n) is 3.78. The first kappa shape index (κ1) is 14.0. The summed E-state index contributed by atoms with van der Waals surface area (Å²) in [5.74, 6) is 0.655. The van der Waals surface area contributed by atoms with E-state index in [0.29, 0.717) is 6.61 Å². The van der Waals surface area contributed by atoms with E-state index in [-0.39, 0.29) is 5.91 Å². The van der Waals surface area contributed by atoms with Gasteiger partial charge in [0, 0.05) is 12.3 Å². The largest absolute Gasteiger partial charge is 0.491 e. The van der Waals surface area contributed by atoms with Crippen molar-refractivity contribution < 1.29 is 9.53 Å². The Morgan fingerprint density at radius 3 is 2.76 bits per heavy atom. The Morgan fingerprint density at radius 1 is 1.29 bits per heavy atom. The van der Waals surface area contributed by atoms with Crippen LogP contribution in [0.5, 0.6) is 5.75 Å². The van der Waals surface area contributed by atoms with Gasteiger partial charge in [0.05, 0.1) is 12.3 Å². The van der Waals surface area contributed by atoms with Crippen LogP contribution >= 0.6 is 15.9 Å². The molecule has 3 nitrogen and oxygen atoms in total. The Morgan fingerprint density at radius 2 is 2.06 bits per heavy atom. The maximum atomic E-state index is 11.0. The first-order chi connectivity index (χ1) is 8.24. The Bertz CT molecular complexity index is 355. The van der Waals surface area contributed by atoms with Crippen LogP contribution in [-0.2, 0) is 4.79 Å². The molecular formula is C13H18BrNO2. The van der Waals surface area contributed by atoms with Gasteiger partial charge >= 0.3 is 0 Å². The number of rotatable bonds is 7. The summed E-state index contributed by atoms with van der Waals surface area (Å²) in [5, 5.41) is 3.79. The summed E-state index contributed by atoms with van der Waals surface area (Å²) in [6, 6.07) is 7.49. The highest BCUT2D eigenvalue weighted by Crippen LogP contribution is 2.23. The first-order valence-electron chi connectivity index (χ1n) is 5.79. The van der Waals surface area contributed by atoms with Crippen molar-refractivity contribution in [2.24, 2.45) is 0 Å². The van der Waals surface area contributed by atoms with Gasteiger partial charge in [0.2, 0.25) is 5.91 Å². The molecule has 0 heterocycles. The van der Waals surface area contributed by atoms with Crippen molar-refractivity contribution in [1.82, 2.24) is 0 Å². The van der Waals surface area contributed by atoms with Crippen molar-refractivity contribution >= 4 is 27.5 Å². The van der Waals surface area contributed by atoms with Crippen molar-refractivity contribution in [3.8, 4) is 5.75 Å². The number of amides is 1. The molecule has 4 heteroatoms. The lowest BCUT2D eigenvalue weighted by atomic mass is 10.2. The SMILES string of the molecule is CC(=O)Nc1ccccc1OCCCCCBr. The molecule has 1 N–H and O–H groups in total. The molecule has 17 heavy (non-hydrogen) atoms. The lowest BCUT2D eigenvalue weighted by Gasteiger charge is -2.11. The number of hydrogen-bond donors (Lipinski definition) is 1. The Balaban J connectivity index is 2.43. The van der Waals surface area contributed by atoms with Gasteiger partial charge in [-0.2, -0.15) is 0 Å². The van der Waals surface area contributed by atoms with E-state index in [2.05, 4.69) is 21.2 Å². The number of halogens is 1. The Labute approximate surface area is 111 Å². The predicted molar refractivity (Wildman–Crippen MR) is 73.9 cm³/mol. The van der Waals surface area contributed by atoms with E-state index in [1.807, 2.05) is 24.3 Å². The summed E-state index contributed by atoms with van der Waals surface area (Å²) in [5.41, 5.74) is 0.737. The smallest absolute Gasteiger partial charge is 0.221 e. The fourth-order valence-electron chi connectivity index (χ4n) is 1.44. The van der Waals surface area contributed by atoms with Gasteiger partial charge in [0.1, 0.15) is 5.75 Å². The van der Waals surface area contributed by atoms with Crippen LogP contribution in [-0.4, -0.2) is 17.8 Å². The average molecular weight is 300 g/mol. The Kier molecular flexibility index (Phi) is 6.70. The number of unbranched alkanes of at least 4 members (excludes halogenated alkanes) is 2. The molecule has 0 fully saturated rings. The van der Waals surface area contributed by atoms with Gasteiger partial charge in [-0.1, -0.05) is 28.1 Å². The standard InChI is InChI=1S/C13H18BrNO2/c1-11(16)15-12-7-3-4-8-13(12)17-10-6-2-5-9-14/h3-4,7-8H,2,5-6,9-10H2,1H3,(H,15,16). The number of hydrogen-bond acceptors (Lipinski definition) is 2. The molecule has 94 valence electrons. The van der Waals surface area contributed by atoms with E-state index < -0.39 is 0 Å². The van der Waals surface area contributed by atoms with E-state index in [9.17, 15) is 4.79 Å². The van der Waals surface area contributed by atoms with Crippen LogP contribution in [0.1, 0.15) is 26.2 Å².